The zero-order valence-electron chi connectivity index (χ0n) is 14.2. The van der Waals surface area contributed by atoms with E-state index in [1.165, 1.54) is 6.07 Å². The number of para-hydroxylation sites is 1. The standard InChI is InChI=1S/C16H26N2O5S/c1-3-15(19)23-16-13(18-24(2,20)21)9-8-10-14(16)22-12-7-5-4-6-11-17/h8-10,18H,3-7,11-12,17H2,1-2H3. The first-order valence-electron chi connectivity index (χ1n) is 8.01. The fourth-order valence-electron chi connectivity index (χ4n) is 1.98. The molecule has 0 aliphatic heterocycles. The number of rotatable bonds is 11. The molecule has 0 saturated carbocycles. The van der Waals surface area contributed by atoms with Crippen LogP contribution in [0.5, 0.6) is 11.5 Å². The summed E-state index contributed by atoms with van der Waals surface area (Å²) in [6.45, 7) is 2.79. The lowest BCUT2D eigenvalue weighted by molar-refractivity contribution is -0.134. The molecule has 1 aromatic carbocycles. The number of hydrogen-bond donors (Lipinski definition) is 2. The molecule has 0 unspecified atom stereocenters. The normalized spacial score (nSPS) is 11.1. The lowest BCUT2D eigenvalue weighted by atomic mass is 10.2. The van der Waals surface area contributed by atoms with Crippen LogP contribution in [0.4, 0.5) is 5.69 Å². The predicted molar refractivity (Wildman–Crippen MR) is 93.9 cm³/mol. The van der Waals surface area contributed by atoms with Gasteiger partial charge in [-0.3, -0.25) is 9.52 Å². The number of nitrogens with one attached hydrogen (secondary N) is 1. The van der Waals surface area contributed by atoms with Gasteiger partial charge < -0.3 is 15.2 Å². The van der Waals surface area contributed by atoms with Gasteiger partial charge in [0.15, 0.2) is 11.5 Å². The maximum atomic E-state index is 11.6. The molecule has 0 aliphatic rings. The van der Waals surface area contributed by atoms with E-state index in [0.29, 0.717) is 18.9 Å². The molecule has 24 heavy (non-hydrogen) atoms. The number of esters is 1. The van der Waals surface area contributed by atoms with Crippen LogP contribution in [-0.4, -0.2) is 33.8 Å². The molecule has 1 aromatic rings. The Kier molecular flexibility index (Phi) is 8.56. The van der Waals surface area contributed by atoms with E-state index in [1.807, 2.05) is 0 Å². The van der Waals surface area contributed by atoms with E-state index in [9.17, 15) is 13.2 Å². The molecule has 0 radical (unpaired) electrons. The van der Waals surface area contributed by atoms with E-state index >= 15 is 0 Å². The summed E-state index contributed by atoms with van der Waals surface area (Å²) in [5.74, 6) is -0.0356. The van der Waals surface area contributed by atoms with Crippen molar-refractivity contribution in [2.24, 2.45) is 5.73 Å². The molecule has 0 aliphatic carbocycles. The molecule has 0 atom stereocenters. The summed E-state index contributed by atoms with van der Waals surface area (Å²) in [5, 5.41) is 0. The van der Waals surface area contributed by atoms with Crippen LogP contribution in [0.3, 0.4) is 0 Å². The Balaban J connectivity index is 2.84. The first-order valence-corrected chi connectivity index (χ1v) is 9.91. The van der Waals surface area contributed by atoms with E-state index in [1.54, 1.807) is 19.1 Å². The highest BCUT2D eigenvalue weighted by Gasteiger charge is 2.17. The van der Waals surface area contributed by atoms with Gasteiger partial charge in [-0.05, 0) is 31.5 Å². The van der Waals surface area contributed by atoms with Crippen LogP contribution in [0, 0.1) is 0 Å². The Bertz CT molecular complexity index is 631. The number of nitrogens with two attached hydrogens (primary N) is 1. The van der Waals surface area contributed by atoms with Gasteiger partial charge in [0, 0.05) is 6.42 Å². The fourth-order valence-corrected chi connectivity index (χ4v) is 2.54. The Morgan fingerprint density at radius 1 is 1.21 bits per heavy atom. The number of carbonyl (C=O) groups excluding carboxylic acids is 1. The number of sulfonamides is 1. The van der Waals surface area contributed by atoms with Gasteiger partial charge >= 0.3 is 5.97 Å². The van der Waals surface area contributed by atoms with Crippen molar-refractivity contribution in [3.63, 3.8) is 0 Å². The van der Waals surface area contributed by atoms with Crippen LogP contribution in [0.15, 0.2) is 18.2 Å². The van der Waals surface area contributed by atoms with Gasteiger partial charge in [0.1, 0.15) is 0 Å². The van der Waals surface area contributed by atoms with Gasteiger partial charge in [0.25, 0.3) is 0 Å². The molecular weight excluding hydrogens is 332 g/mol. The molecule has 8 heteroatoms. The summed E-state index contributed by atoms with van der Waals surface area (Å²) in [7, 11) is -3.50. The highest BCUT2D eigenvalue weighted by molar-refractivity contribution is 7.92. The van der Waals surface area contributed by atoms with E-state index < -0.39 is 16.0 Å². The van der Waals surface area contributed by atoms with Gasteiger partial charge in [0.05, 0.1) is 18.6 Å². The average molecular weight is 358 g/mol. The number of carbonyl (C=O) groups is 1. The van der Waals surface area contributed by atoms with Crippen LogP contribution in [-0.2, 0) is 14.8 Å². The Labute approximate surface area is 143 Å². The van der Waals surface area contributed by atoms with Gasteiger partial charge in [-0.15, -0.1) is 0 Å². The van der Waals surface area contributed by atoms with Gasteiger partial charge in [-0.25, -0.2) is 8.42 Å². The Morgan fingerprint density at radius 2 is 1.92 bits per heavy atom. The molecule has 0 amide bonds. The lowest BCUT2D eigenvalue weighted by Gasteiger charge is -2.15. The SMILES string of the molecule is CCC(=O)Oc1c(NS(C)(=O)=O)cccc1OCCCCCCN. The maximum Gasteiger partial charge on any atom is 0.311 e. The molecule has 0 bridgehead atoms. The molecule has 0 heterocycles. The van der Waals surface area contributed by atoms with Crippen molar-refractivity contribution in [1.82, 2.24) is 0 Å². The largest absolute Gasteiger partial charge is 0.490 e. The summed E-state index contributed by atoms with van der Waals surface area (Å²) < 4.78 is 36.2. The molecule has 0 fully saturated rings. The Hall–Kier alpha value is -1.80. The minimum atomic E-state index is -3.50. The third kappa shape index (κ3) is 7.65. The third-order valence-corrected chi connectivity index (χ3v) is 3.73. The van der Waals surface area contributed by atoms with E-state index in [-0.39, 0.29) is 17.9 Å². The van der Waals surface area contributed by atoms with Crippen LogP contribution in [0.25, 0.3) is 0 Å². The highest BCUT2D eigenvalue weighted by atomic mass is 32.2. The number of hydrogen-bond acceptors (Lipinski definition) is 6. The maximum absolute atomic E-state index is 11.6. The monoisotopic (exact) mass is 358 g/mol. The van der Waals surface area contributed by atoms with Crippen LogP contribution < -0.4 is 19.9 Å². The van der Waals surface area contributed by atoms with Crippen molar-refractivity contribution < 1.29 is 22.7 Å². The quantitative estimate of drug-likeness (QED) is 0.357. The van der Waals surface area contributed by atoms with Crippen molar-refractivity contribution >= 4 is 21.7 Å². The third-order valence-electron chi connectivity index (χ3n) is 3.13. The van der Waals surface area contributed by atoms with Crippen molar-refractivity contribution in [2.45, 2.75) is 39.0 Å². The second-order valence-electron chi connectivity index (χ2n) is 5.39. The van der Waals surface area contributed by atoms with Gasteiger partial charge in [-0.1, -0.05) is 25.8 Å². The summed E-state index contributed by atoms with van der Waals surface area (Å²) in [6.07, 6.45) is 5.04. The van der Waals surface area contributed by atoms with Gasteiger partial charge in [0.2, 0.25) is 10.0 Å². The molecular formula is C16H26N2O5S. The van der Waals surface area contributed by atoms with Crippen LogP contribution >= 0.6 is 0 Å². The van der Waals surface area contributed by atoms with Crippen molar-refractivity contribution in [3.05, 3.63) is 18.2 Å². The second-order valence-corrected chi connectivity index (χ2v) is 7.13. The minimum Gasteiger partial charge on any atom is -0.490 e. The second kappa shape index (κ2) is 10.1. The van der Waals surface area contributed by atoms with Crippen LogP contribution in [0.2, 0.25) is 0 Å². The highest BCUT2D eigenvalue weighted by Crippen LogP contribution is 2.36. The molecule has 136 valence electrons. The smallest absolute Gasteiger partial charge is 0.311 e. The number of anilines is 1. The lowest BCUT2D eigenvalue weighted by Crippen LogP contribution is -2.14. The Morgan fingerprint density at radius 3 is 2.54 bits per heavy atom. The topological polar surface area (TPSA) is 108 Å². The number of ether oxygens (including phenoxy) is 2. The van der Waals surface area contributed by atoms with Crippen molar-refractivity contribution in [3.8, 4) is 11.5 Å². The molecule has 3 N–H and O–H groups in total. The number of benzene rings is 1. The summed E-state index contributed by atoms with van der Waals surface area (Å²) >= 11 is 0. The van der Waals surface area contributed by atoms with Crippen molar-refractivity contribution in [1.29, 1.82) is 0 Å². The molecule has 0 aromatic heterocycles. The van der Waals surface area contributed by atoms with E-state index in [2.05, 4.69) is 4.72 Å². The zero-order valence-corrected chi connectivity index (χ0v) is 15.0. The molecule has 7 nitrogen and oxygen atoms in total. The first-order chi connectivity index (χ1) is 11.4. The van der Waals surface area contributed by atoms with Crippen LogP contribution in [0.1, 0.15) is 39.0 Å². The fraction of sp³-hybridized carbons (Fsp3) is 0.562. The summed E-state index contributed by atoms with van der Waals surface area (Å²) in [4.78, 5) is 11.6. The average Bonchev–Trinajstić information content (AvgIpc) is 2.51. The van der Waals surface area contributed by atoms with Crippen molar-refractivity contribution in [2.75, 3.05) is 24.1 Å². The summed E-state index contributed by atoms with van der Waals surface area (Å²) in [6, 6.07) is 4.81. The van der Waals surface area contributed by atoms with Gasteiger partial charge in [-0.2, -0.15) is 0 Å². The summed E-state index contributed by atoms with van der Waals surface area (Å²) in [5.41, 5.74) is 5.63. The first kappa shape index (κ1) is 20.2. The minimum absolute atomic E-state index is 0.0942. The van der Waals surface area contributed by atoms with E-state index in [4.69, 9.17) is 15.2 Å². The molecule has 1 rings (SSSR count). The number of unbranched alkanes of at least 4 members (excludes halogenated alkanes) is 3. The molecule has 0 spiro atoms. The predicted octanol–water partition coefficient (Wildman–Crippen LogP) is 2.27. The van der Waals surface area contributed by atoms with E-state index in [0.717, 1.165) is 31.9 Å². The molecule has 0 saturated heterocycles. The zero-order chi connectivity index (χ0) is 18.0.